The molecule has 0 fully saturated rings. The number of carbonyl (C=O) groups excluding carboxylic acids is 2. The molecule has 0 aliphatic carbocycles. The lowest BCUT2D eigenvalue weighted by Gasteiger charge is -2.19. The zero-order chi connectivity index (χ0) is 22.3. The molecule has 1 N–H and O–H groups in total. The van der Waals surface area contributed by atoms with Gasteiger partial charge in [-0.15, -0.1) is 0 Å². The van der Waals surface area contributed by atoms with Crippen LogP contribution in [0.5, 0.6) is 0 Å². The van der Waals surface area contributed by atoms with Crippen molar-refractivity contribution in [2.24, 2.45) is 0 Å². The smallest absolute Gasteiger partial charge is 0.255 e. The third-order valence-electron chi connectivity index (χ3n) is 4.88. The van der Waals surface area contributed by atoms with Gasteiger partial charge >= 0.3 is 0 Å². The van der Waals surface area contributed by atoms with Crippen molar-refractivity contribution in [3.8, 4) is 0 Å². The number of hydrogen-bond acceptors (Lipinski definition) is 4. The van der Waals surface area contributed by atoms with E-state index in [4.69, 9.17) is 0 Å². The van der Waals surface area contributed by atoms with E-state index >= 15 is 0 Å². The molecule has 2 aromatic rings. The van der Waals surface area contributed by atoms with Crippen molar-refractivity contribution in [1.82, 2.24) is 9.21 Å². The fourth-order valence-electron chi connectivity index (χ4n) is 3.10. The second-order valence-electron chi connectivity index (χ2n) is 6.63. The van der Waals surface area contributed by atoms with Crippen LogP contribution in [0.2, 0.25) is 0 Å². The molecule has 30 heavy (non-hydrogen) atoms. The number of benzene rings is 2. The van der Waals surface area contributed by atoms with Crippen LogP contribution in [0.4, 0.5) is 5.69 Å². The number of nitrogens with zero attached hydrogens (tertiary/aromatic N) is 2. The summed E-state index contributed by atoms with van der Waals surface area (Å²) >= 11 is 0. The van der Waals surface area contributed by atoms with Crippen LogP contribution >= 0.6 is 0 Å². The van der Waals surface area contributed by atoms with Gasteiger partial charge in [-0.3, -0.25) is 9.59 Å². The second-order valence-corrected chi connectivity index (χ2v) is 8.56. The number of carbonyl (C=O) groups is 2. The first-order valence-electron chi connectivity index (χ1n) is 10.1. The summed E-state index contributed by atoms with van der Waals surface area (Å²) in [6, 6.07) is 12.6. The van der Waals surface area contributed by atoms with Crippen LogP contribution in [0.15, 0.2) is 53.4 Å². The molecule has 8 heteroatoms. The molecule has 7 nitrogen and oxygen atoms in total. The molecule has 2 amide bonds. The van der Waals surface area contributed by atoms with Gasteiger partial charge in [0.25, 0.3) is 11.8 Å². The predicted octanol–water partition coefficient (Wildman–Crippen LogP) is 3.45. The number of nitrogens with one attached hydrogen (secondary N) is 1. The summed E-state index contributed by atoms with van der Waals surface area (Å²) in [6.45, 7) is 9.34. The molecule has 2 rings (SSSR count). The molecule has 0 saturated heterocycles. The summed E-state index contributed by atoms with van der Waals surface area (Å²) in [5.74, 6) is -0.485. The summed E-state index contributed by atoms with van der Waals surface area (Å²) in [5.41, 5.74) is 1.31. The Balaban J connectivity index is 2.18. The van der Waals surface area contributed by atoms with Gasteiger partial charge in [-0.2, -0.15) is 4.31 Å². The van der Waals surface area contributed by atoms with E-state index in [2.05, 4.69) is 5.32 Å². The minimum Gasteiger partial charge on any atom is -0.339 e. The van der Waals surface area contributed by atoms with E-state index in [-0.39, 0.29) is 16.4 Å². The predicted molar refractivity (Wildman–Crippen MR) is 118 cm³/mol. The largest absolute Gasteiger partial charge is 0.339 e. The number of amides is 2. The van der Waals surface area contributed by atoms with Crippen molar-refractivity contribution >= 4 is 27.5 Å². The fraction of sp³-hybridized carbons (Fsp3) is 0.364. The summed E-state index contributed by atoms with van der Waals surface area (Å²) in [6.07, 6.45) is 0. The van der Waals surface area contributed by atoms with Gasteiger partial charge in [0.1, 0.15) is 0 Å². The fourth-order valence-corrected chi connectivity index (χ4v) is 4.61. The molecular weight excluding hydrogens is 402 g/mol. The molecule has 162 valence electrons. The molecule has 2 aromatic carbocycles. The number of sulfonamides is 1. The molecule has 0 bridgehead atoms. The van der Waals surface area contributed by atoms with Gasteiger partial charge in [-0.25, -0.2) is 8.42 Å². The maximum atomic E-state index is 12.7. The highest BCUT2D eigenvalue weighted by atomic mass is 32.2. The highest BCUT2D eigenvalue weighted by Gasteiger charge is 2.22. The van der Waals surface area contributed by atoms with E-state index in [1.54, 1.807) is 55.1 Å². The average Bonchev–Trinajstić information content (AvgIpc) is 2.75. The summed E-state index contributed by atoms with van der Waals surface area (Å²) in [5, 5.41) is 2.75. The Morgan fingerprint density at radius 3 is 1.97 bits per heavy atom. The quantitative estimate of drug-likeness (QED) is 0.659. The van der Waals surface area contributed by atoms with Crippen molar-refractivity contribution in [2.45, 2.75) is 32.6 Å². The van der Waals surface area contributed by atoms with Crippen LogP contribution in [-0.4, -0.2) is 55.6 Å². The van der Waals surface area contributed by atoms with Crippen molar-refractivity contribution in [3.05, 3.63) is 59.7 Å². The van der Waals surface area contributed by atoms with E-state index < -0.39 is 15.9 Å². The zero-order valence-corrected chi connectivity index (χ0v) is 18.7. The van der Waals surface area contributed by atoms with Crippen molar-refractivity contribution in [2.75, 3.05) is 31.5 Å². The summed E-state index contributed by atoms with van der Waals surface area (Å²) in [7, 11) is -3.65. The van der Waals surface area contributed by atoms with E-state index in [0.717, 1.165) is 0 Å². The van der Waals surface area contributed by atoms with E-state index in [1.165, 1.54) is 16.4 Å². The molecule has 0 unspecified atom stereocenters. The monoisotopic (exact) mass is 431 g/mol. The molecular formula is C22H29N3O4S. The van der Waals surface area contributed by atoms with Crippen LogP contribution in [0.1, 0.15) is 48.4 Å². The van der Waals surface area contributed by atoms with Crippen molar-refractivity contribution in [1.29, 1.82) is 0 Å². The van der Waals surface area contributed by atoms with Gasteiger partial charge in [0, 0.05) is 43.0 Å². The first-order valence-corrected chi connectivity index (χ1v) is 11.5. The van der Waals surface area contributed by atoms with Gasteiger partial charge in [-0.05, 0) is 56.3 Å². The van der Waals surface area contributed by atoms with Crippen LogP contribution in [0.25, 0.3) is 0 Å². The Morgan fingerprint density at radius 2 is 1.43 bits per heavy atom. The van der Waals surface area contributed by atoms with Crippen LogP contribution in [0, 0.1) is 0 Å². The van der Waals surface area contributed by atoms with Crippen LogP contribution in [0.3, 0.4) is 0 Å². The average molecular weight is 432 g/mol. The lowest BCUT2D eigenvalue weighted by atomic mass is 10.1. The molecule has 0 aliphatic rings. The number of rotatable bonds is 9. The Morgan fingerprint density at radius 1 is 0.833 bits per heavy atom. The minimum atomic E-state index is -3.65. The lowest BCUT2D eigenvalue weighted by Crippen LogP contribution is -2.30. The summed E-state index contributed by atoms with van der Waals surface area (Å²) < 4.78 is 26.7. The SMILES string of the molecule is CCN(CC)C(=O)c1ccc(NC(=O)c2cccc(S(=O)(=O)N(CC)CC)c2)cc1. The highest BCUT2D eigenvalue weighted by molar-refractivity contribution is 7.89. The highest BCUT2D eigenvalue weighted by Crippen LogP contribution is 2.18. The zero-order valence-electron chi connectivity index (χ0n) is 17.9. The third kappa shape index (κ3) is 5.25. The topological polar surface area (TPSA) is 86.8 Å². The standard InChI is InChI=1S/C22H29N3O4S/c1-5-24(6-2)22(27)17-12-14-19(15-13-17)23-21(26)18-10-9-11-20(16-18)30(28,29)25(7-3)8-4/h9-16H,5-8H2,1-4H3,(H,23,26). The minimum absolute atomic E-state index is 0.0628. The van der Waals surface area contributed by atoms with Gasteiger partial charge in [0.2, 0.25) is 10.0 Å². The Bertz CT molecular complexity index is 980. The molecule has 0 atom stereocenters. The van der Waals surface area contributed by atoms with Gasteiger partial charge in [-0.1, -0.05) is 19.9 Å². The Hall–Kier alpha value is -2.71. The van der Waals surface area contributed by atoms with Crippen LogP contribution < -0.4 is 5.32 Å². The maximum Gasteiger partial charge on any atom is 0.255 e. The third-order valence-corrected chi connectivity index (χ3v) is 6.93. The Kier molecular flexibility index (Phi) is 8.14. The normalized spacial score (nSPS) is 11.4. The van der Waals surface area contributed by atoms with Crippen molar-refractivity contribution < 1.29 is 18.0 Å². The van der Waals surface area contributed by atoms with Crippen molar-refractivity contribution in [3.63, 3.8) is 0 Å². The molecule has 0 aromatic heterocycles. The molecule has 0 aliphatic heterocycles. The van der Waals surface area contributed by atoms with Crippen LogP contribution in [-0.2, 0) is 10.0 Å². The van der Waals surface area contributed by atoms with E-state index in [9.17, 15) is 18.0 Å². The molecule has 0 radical (unpaired) electrons. The first-order chi connectivity index (χ1) is 14.3. The van der Waals surface area contributed by atoms with E-state index in [1.807, 2.05) is 13.8 Å². The van der Waals surface area contributed by atoms with Gasteiger partial charge < -0.3 is 10.2 Å². The Labute approximate surface area is 178 Å². The first kappa shape index (κ1) is 23.6. The molecule has 0 saturated carbocycles. The van der Waals surface area contributed by atoms with Gasteiger partial charge in [0.05, 0.1) is 4.90 Å². The number of anilines is 1. The van der Waals surface area contributed by atoms with Gasteiger partial charge in [0.15, 0.2) is 0 Å². The summed E-state index contributed by atoms with van der Waals surface area (Å²) in [4.78, 5) is 26.8. The molecule has 0 heterocycles. The number of hydrogen-bond donors (Lipinski definition) is 1. The second kappa shape index (κ2) is 10.4. The van der Waals surface area contributed by atoms with E-state index in [0.29, 0.717) is 37.4 Å². The lowest BCUT2D eigenvalue weighted by molar-refractivity contribution is 0.0773. The maximum absolute atomic E-state index is 12.7. The molecule has 0 spiro atoms.